The van der Waals surface area contributed by atoms with E-state index in [4.69, 9.17) is 0 Å². The van der Waals surface area contributed by atoms with E-state index < -0.39 is 0 Å². The molecule has 13 heavy (non-hydrogen) atoms. The quantitative estimate of drug-likeness (QED) is 0.711. The van der Waals surface area contributed by atoms with Crippen molar-refractivity contribution in [1.82, 2.24) is 10.2 Å². The third-order valence-corrected chi connectivity index (χ3v) is 3.65. The summed E-state index contributed by atoms with van der Waals surface area (Å²) in [5.74, 6) is 0.889. The van der Waals surface area contributed by atoms with Crippen LogP contribution in [-0.2, 0) is 0 Å². The molecule has 2 aliphatic rings. The smallest absolute Gasteiger partial charge is 0.0198 e. The molecule has 2 fully saturated rings. The summed E-state index contributed by atoms with van der Waals surface area (Å²) in [4.78, 5) is 2.55. The van der Waals surface area contributed by atoms with Crippen LogP contribution >= 0.6 is 0 Å². The minimum atomic E-state index is 0.764. The fourth-order valence-electron chi connectivity index (χ4n) is 2.48. The van der Waals surface area contributed by atoms with E-state index in [9.17, 15) is 0 Å². The van der Waals surface area contributed by atoms with Crippen LogP contribution in [0.1, 0.15) is 32.6 Å². The molecular formula is C11H22N2. The van der Waals surface area contributed by atoms with Crippen molar-refractivity contribution in [3.63, 3.8) is 0 Å². The SMILES string of the molecule is CC1CNC(CN(C)C2CCC2)C1. The first-order valence-corrected chi connectivity index (χ1v) is 5.69. The zero-order chi connectivity index (χ0) is 9.26. The first-order chi connectivity index (χ1) is 6.25. The van der Waals surface area contributed by atoms with Crippen molar-refractivity contribution in [1.29, 1.82) is 0 Å². The minimum Gasteiger partial charge on any atom is -0.312 e. The van der Waals surface area contributed by atoms with E-state index in [1.807, 2.05) is 0 Å². The summed E-state index contributed by atoms with van der Waals surface area (Å²) in [6, 6.07) is 1.67. The summed E-state index contributed by atoms with van der Waals surface area (Å²) in [5, 5.41) is 3.60. The van der Waals surface area contributed by atoms with E-state index in [0.29, 0.717) is 0 Å². The van der Waals surface area contributed by atoms with Crippen LogP contribution in [0.2, 0.25) is 0 Å². The lowest BCUT2D eigenvalue weighted by Gasteiger charge is -2.36. The fourth-order valence-corrected chi connectivity index (χ4v) is 2.48. The van der Waals surface area contributed by atoms with E-state index in [1.54, 1.807) is 0 Å². The van der Waals surface area contributed by atoms with Gasteiger partial charge in [0.05, 0.1) is 0 Å². The Morgan fingerprint density at radius 1 is 1.38 bits per heavy atom. The molecule has 2 rings (SSSR count). The van der Waals surface area contributed by atoms with Gasteiger partial charge in [-0.1, -0.05) is 13.3 Å². The number of nitrogens with one attached hydrogen (secondary N) is 1. The third kappa shape index (κ3) is 2.23. The Balaban J connectivity index is 1.71. The highest BCUT2D eigenvalue weighted by Crippen LogP contribution is 2.24. The Morgan fingerprint density at radius 3 is 2.62 bits per heavy atom. The van der Waals surface area contributed by atoms with Crippen molar-refractivity contribution in [2.45, 2.75) is 44.7 Å². The molecule has 0 spiro atoms. The van der Waals surface area contributed by atoms with E-state index in [1.165, 1.54) is 38.8 Å². The second-order valence-corrected chi connectivity index (χ2v) is 4.97. The van der Waals surface area contributed by atoms with Crippen LogP contribution in [0.15, 0.2) is 0 Å². The summed E-state index contributed by atoms with van der Waals surface area (Å²) in [5.41, 5.74) is 0. The van der Waals surface area contributed by atoms with Gasteiger partial charge in [0.25, 0.3) is 0 Å². The van der Waals surface area contributed by atoms with Gasteiger partial charge in [0.15, 0.2) is 0 Å². The van der Waals surface area contributed by atoms with Crippen molar-refractivity contribution in [2.24, 2.45) is 5.92 Å². The molecule has 0 amide bonds. The van der Waals surface area contributed by atoms with Gasteiger partial charge < -0.3 is 10.2 Å². The van der Waals surface area contributed by atoms with Crippen molar-refractivity contribution >= 4 is 0 Å². The van der Waals surface area contributed by atoms with Gasteiger partial charge in [0.2, 0.25) is 0 Å². The van der Waals surface area contributed by atoms with Crippen molar-refractivity contribution < 1.29 is 0 Å². The predicted octanol–water partition coefficient (Wildman–Crippen LogP) is 1.47. The molecular weight excluding hydrogens is 160 g/mol. The molecule has 1 saturated heterocycles. The van der Waals surface area contributed by atoms with Gasteiger partial charge in [-0.25, -0.2) is 0 Å². The fraction of sp³-hybridized carbons (Fsp3) is 1.00. The minimum absolute atomic E-state index is 0.764. The monoisotopic (exact) mass is 182 g/mol. The zero-order valence-corrected chi connectivity index (χ0v) is 8.92. The van der Waals surface area contributed by atoms with Gasteiger partial charge in [-0.3, -0.25) is 0 Å². The second kappa shape index (κ2) is 3.97. The number of hydrogen-bond donors (Lipinski definition) is 1. The summed E-state index contributed by atoms with van der Waals surface area (Å²) >= 11 is 0. The summed E-state index contributed by atoms with van der Waals surface area (Å²) in [6.45, 7) is 4.83. The summed E-state index contributed by atoms with van der Waals surface area (Å²) < 4.78 is 0. The number of rotatable bonds is 3. The van der Waals surface area contributed by atoms with Crippen molar-refractivity contribution in [3.05, 3.63) is 0 Å². The van der Waals surface area contributed by atoms with E-state index in [2.05, 4.69) is 24.2 Å². The molecule has 1 heterocycles. The number of nitrogens with zero attached hydrogens (tertiary/aromatic N) is 1. The Kier molecular flexibility index (Phi) is 2.89. The van der Waals surface area contributed by atoms with Crippen LogP contribution < -0.4 is 5.32 Å². The molecule has 2 unspecified atom stereocenters. The van der Waals surface area contributed by atoms with Crippen LogP contribution in [0.3, 0.4) is 0 Å². The van der Waals surface area contributed by atoms with E-state index in [-0.39, 0.29) is 0 Å². The van der Waals surface area contributed by atoms with Crippen molar-refractivity contribution in [3.8, 4) is 0 Å². The van der Waals surface area contributed by atoms with Gasteiger partial charge >= 0.3 is 0 Å². The topological polar surface area (TPSA) is 15.3 Å². The molecule has 1 aliphatic heterocycles. The maximum atomic E-state index is 3.60. The van der Waals surface area contributed by atoms with Crippen LogP contribution in [-0.4, -0.2) is 37.1 Å². The lowest BCUT2D eigenvalue weighted by Crippen LogP contribution is -2.43. The van der Waals surface area contributed by atoms with Gasteiger partial charge in [-0.05, 0) is 38.8 Å². The largest absolute Gasteiger partial charge is 0.312 e. The predicted molar refractivity (Wildman–Crippen MR) is 55.8 cm³/mol. The average molecular weight is 182 g/mol. The lowest BCUT2D eigenvalue weighted by atomic mass is 9.91. The van der Waals surface area contributed by atoms with Crippen LogP contribution in [0, 0.1) is 5.92 Å². The summed E-state index contributed by atoms with van der Waals surface area (Å²) in [7, 11) is 2.29. The molecule has 0 aromatic heterocycles. The summed E-state index contributed by atoms with van der Waals surface area (Å²) in [6.07, 6.45) is 5.68. The molecule has 2 nitrogen and oxygen atoms in total. The molecule has 1 saturated carbocycles. The molecule has 0 bridgehead atoms. The van der Waals surface area contributed by atoms with Gasteiger partial charge in [0.1, 0.15) is 0 Å². The first-order valence-electron chi connectivity index (χ1n) is 5.69. The van der Waals surface area contributed by atoms with Crippen LogP contribution in [0.4, 0.5) is 0 Å². The number of hydrogen-bond acceptors (Lipinski definition) is 2. The van der Waals surface area contributed by atoms with Gasteiger partial charge in [-0.2, -0.15) is 0 Å². The molecule has 2 atom stereocenters. The standard InChI is InChI=1S/C11H22N2/c1-9-6-10(12-7-9)8-13(2)11-4-3-5-11/h9-12H,3-8H2,1-2H3. The molecule has 0 aromatic rings. The molecule has 0 aromatic carbocycles. The molecule has 0 radical (unpaired) electrons. The first kappa shape index (κ1) is 9.47. The third-order valence-electron chi connectivity index (χ3n) is 3.65. The molecule has 1 N–H and O–H groups in total. The molecule has 2 heteroatoms. The van der Waals surface area contributed by atoms with E-state index in [0.717, 1.165) is 18.0 Å². The molecule has 76 valence electrons. The average Bonchev–Trinajstić information content (AvgIpc) is 2.31. The number of likely N-dealkylation sites (N-methyl/N-ethyl adjacent to an activating group) is 1. The highest BCUT2D eigenvalue weighted by atomic mass is 15.2. The second-order valence-electron chi connectivity index (χ2n) is 4.97. The Bertz CT molecular complexity index is 165. The highest BCUT2D eigenvalue weighted by Gasteiger charge is 2.26. The lowest BCUT2D eigenvalue weighted by molar-refractivity contribution is 0.148. The highest BCUT2D eigenvalue weighted by molar-refractivity contribution is 4.85. The van der Waals surface area contributed by atoms with E-state index >= 15 is 0 Å². The maximum Gasteiger partial charge on any atom is 0.0198 e. The Hall–Kier alpha value is -0.0800. The normalized spacial score (nSPS) is 35.3. The van der Waals surface area contributed by atoms with Crippen LogP contribution in [0.25, 0.3) is 0 Å². The van der Waals surface area contributed by atoms with Gasteiger partial charge in [0, 0.05) is 18.6 Å². The van der Waals surface area contributed by atoms with Gasteiger partial charge in [-0.15, -0.1) is 0 Å². The zero-order valence-electron chi connectivity index (χ0n) is 8.92. The Morgan fingerprint density at radius 2 is 2.15 bits per heavy atom. The molecule has 1 aliphatic carbocycles. The maximum absolute atomic E-state index is 3.60. The van der Waals surface area contributed by atoms with Crippen LogP contribution in [0.5, 0.6) is 0 Å². The Labute approximate surface area is 81.7 Å². The van der Waals surface area contributed by atoms with Crippen molar-refractivity contribution in [2.75, 3.05) is 20.1 Å².